The Morgan fingerprint density at radius 1 is 1.59 bits per heavy atom. The molecule has 2 N–H and O–H groups in total. The Balaban J connectivity index is 1.57. The van der Waals surface area contributed by atoms with Gasteiger partial charge in [-0.05, 0) is 6.42 Å². The van der Waals surface area contributed by atoms with Crippen molar-refractivity contribution in [3.8, 4) is 0 Å². The number of likely N-dealkylation sites (tertiary alicyclic amines) is 1. The van der Waals surface area contributed by atoms with Crippen LogP contribution in [-0.4, -0.2) is 61.1 Å². The van der Waals surface area contributed by atoms with Crippen LogP contribution in [0.1, 0.15) is 22.6 Å². The third-order valence-electron chi connectivity index (χ3n) is 3.75. The number of H-pyrrole nitrogens is 1. The molecule has 1 aliphatic rings. The van der Waals surface area contributed by atoms with Gasteiger partial charge in [-0.3, -0.25) is 19.5 Å². The van der Waals surface area contributed by atoms with Crippen molar-refractivity contribution in [3.63, 3.8) is 0 Å². The first-order chi connectivity index (χ1) is 10.6. The molecule has 2 atom stereocenters. The van der Waals surface area contributed by atoms with E-state index in [2.05, 4.69) is 25.6 Å². The van der Waals surface area contributed by atoms with Crippen molar-refractivity contribution < 1.29 is 9.18 Å². The molecule has 0 radical (unpaired) electrons. The molecule has 2 aromatic rings. The molecule has 0 aromatic carbocycles. The van der Waals surface area contributed by atoms with E-state index in [1.807, 2.05) is 18.1 Å². The van der Waals surface area contributed by atoms with Crippen LogP contribution in [0.4, 0.5) is 4.39 Å². The minimum absolute atomic E-state index is 0.0397. The monoisotopic (exact) mass is 307 g/mol. The maximum absolute atomic E-state index is 13.7. The number of nitrogens with one attached hydrogen (secondary N) is 2. The van der Waals surface area contributed by atoms with Crippen molar-refractivity contribution in [1.82, 2.24) is 35.2 Å². The van der Waals surface area contributed by atoms with Gasteiger partial charge in [-0.1, -0.05) is 0 Å². The van der Waals surface area contributed by atoms with Crippen LogP contribution < -0.4 is 5.32 Å². The SMILES string of the molecule is Cn1cc(CN2C[C@@H](F)C[C@H]2CNC(=O)c2ncn[nH]2)cn1. The normalized spacial score (nSPS) is 22.1. The molecule has 1 amide bonds. The van der Waals surface area contributed by atoms with Gasteiger partial charge in [-0.25, -0.2) is 9.37 Å². The van der Waals surface area contributed by atoms with Gasteiger partial charge in [0.2, 0.25) is 5.82 Å². The Bertz CT molecular complexity index is 626. The number of rotatable bonds is 5. The molecule has 0 unspecified atom stereocenters. The van der Waals surface area contributed by atoms with E-state index in [4.69, 9.17) is 0 Å². The number of aryl methyl sites for hydroxylation is 1. The smallest absolute Gasteiger partial charge is 0.288 e. The number of carbonyl (C=O) groups is 1. The largest absolute Gasteiger partial charge is 0.348 e. The summed E-state index contributed by atoms with van der Waals surface area (Å²) in [4.78, 5) is 17.7. The lowest BCUT2D eigenvalue weighted by molar-refractivity contribution is 0.0930. The summed E-state index contributed by atoms with van der Waals surface area (Å²) in [7, 11) is 1.85. The van der Waals surface area contributed by atoms with E-state index < -0.39 is 6.17 Å². The molecule has 1 aliphatic heterocycles. The van der Waals surface area contributed by atoms with Crippen LogP contribution in [0, 0.1) is 0 Å². The van der Waals surface area contributed by atoms with Crippen LogP contribution in [-0.2, 0) is 13.6 Å². The Morgan fingerprint density at radius 3 is 3.14 bits per heavy atom. The predicted octanol–water partition coefficient (Wildman–Crippen LogP) is -0.119. The van der Waals surface area contributed by atoms with Crippen LogP contribution in [0.3, 0.4) is 0 Å². The fraction of sp³-hybridized carbons (Fsp3) is 0.538. The molecule has 8 nitrogen and oxygen atoms in total. The summed E-state index contributed by atoms with van der Waals surface area (Å²) in [5.41, 5.74) is 1.03. The van der Waals surface area contributed by atoms with Gasteiger partial charge in [0.25, 0.3) is 5.91 Å². The number of aromatic nitrogens is 5. The van der Waals surface area contributed by atoms with Crippen molar-refractivity contribution in [2.45, 2.75) is 25.2 Å². The lowest BCUT2D eigenvalue weighted by Gasteiger charge is -2.23. The van der Waals surface area contributed by atoms with E-state index in [-0.39, 0.29) is 17.8 Å². The molecule has 1 saturated heterocycles. The highest BCUT2D eigenvalue weighted by Crippen LogP contribution is 2.22. The molecular weight excluding hydrogens is 289 g/mol. The van der Waals surface area contributed by atoms with Gasteiger partial charge in [-0.15, -0.1) is 0 Å². The molecule has 9 heteroatoms. The van der Waals surface area contributed by atoms with E-state index in [9.17, 15) is 9.18 Å². The summed E-state index contributed by atoms with van der Waals surface area (Å²) in [6.07, 6.45) is 4.50. The van der Waals surface area contributed by atoms with Crippen molar-refractivity contribution in [1.29, 1.82) is 0 Å². The van der Waals surface area contributed by atoms with Gasteiger partial charge < -0.3 is 5.32 Å². The maximum atomic E-state index is 13.7. The van der Waals surface area contributed by atoms with E-state index in [1.165, 1.54) is 6.33 Å². The van der Waals surface area contributed by atoms with Gasteiger partial charge in [0.15, 0.2) is 0 Å². The number of nitrogens with zero attached hydrogens (tertiary/aromatic N) is 5. The Labute approximate surface area is 126 Å². The minimum atomic E-state index is -0.871. The van der Waals surface area contributed by atoms with E-state index >= 15 is 0 Å². The van der Waals surface area contributed by atoms with Gasteiger partial charge >= 0.3 is 0 Å². The van der Waals surface area contributed by atoms with E-state index in [0.717, 1.165) is 5.56 Å². The number of hydrogen-bond donors (Lipinski definition) is 2. The summed E-state index contributed by atoms with van der Waals surface area (Å²) >= 11 is 0. The number of amides is 1. The first kappa shape index (κ1) is 14.6. The molecule has 0 bridgehead atoms. The second-order valence-corrected chi connectivity index (χ2v) is 5.48. The molecular formula is C13H18FN7O. The summed E-state index contributed by atoms with van der Waals surface area (Å²) in [5, 5.41) is 13.0. The molecule has 0 spiro atoms. The highest BCUT2D eigenvalue weighted by molar-refractivity contribution is 5.90. The van der Waals surface area contributed by atoms with Gasteiger partial charge in [0.1, 0.15) is 12.5 Å². The highest BCUT2D eigenvalue weighted by atomic mass is 19.1. The lowest BCUT2D eigenvalue weighted by Crippen LogP contribution is -2.40. The van der Waals surface area contributed by atoms with Crippen molar-refractivity contribution in [2.24, 2.45) is 7.05 Å². The van der Waals surface area contributed by atoms with Crippen molar-refractivity contribution >= 4 is 5.91 Å². The predicted molar refractivity (Wildman–Crippen MR) is 75.6 cm³/mol. The summed E-state index contributed by atoms with van der Waals surface area (Å²) < 4.78 is 15.4. The fourth-order valence-corrected chi connectivity index (χ4v) is 2.73. The first-order valence-electron chi connectivity index (χ1n) is 7.11. The molecule has 22 heavy (non-hydrogen) atoms. The standard InChI is InChI=1S/C13H18FN7O/c1-20-5-9(3-18-20)6-21-7-10(14)2-11(21)4-15-13(22)12-16-8-17-19-12/h3,5,8,10-11H,2,4,6-7H2,1H3,(H,15,22)(H,16,17,19)/t10-,11-/m0/s1. The zero-order valence-corrected chi connectivity index (χ0v) is 12.2. The van der Waals surface area contributed by atoms with Gasteiger partial charge in [-0.2, -0.15) is 10.2 Å². The second kappa shape index (κ2) is 6.22. The number of aromatic amines is 1. The number of alkyl halides is 1. The third-order valence-corrected chi connectivity index (χ3v) is 3.75. The molecule has 3 rings (SSSR count). The van der Waals surface area contributed by atoms with Gasteiger partial charge in [0.05, 0.1) is 6.20 Å². The van der Waals surface area contributed by atoms with Crippen molar-refractivity contribution in [2.75, 3.05) is 13.1 Å². The maximum Gasteiger partial charge on any atom is 0.288 e. The van der Waals surface area contributed by atoms with Gasteiger partial charge in [0, 0.05) is 44.5 Å². The topological polar surface area (TPSA) is 91.7 Å². The van der Waals surface area contributed by atoms with Crippen LogP contribution in [0.2, 0.25) is 0 Å². The molecule has 2 aromatic heterocycles. The zero-order chi connectivity index (χ0) is 15.5. The quantitative estimate of drug-likeness (QED) is 0.803. The summed E-state index contributed by atoms with van der Waals surface area (Å²) in [6.45, 7) is 1.37. The van der Waals surface area contributed by atoms with Crippen molar-refractivity contribution in [3.05, 3.63) is 30.1 Å². The molecule has 3 heterocycles. The Morgan fingerprint density at radius 2 is 2.45 bits per heavy atom. The minimum Gasteiger partial charge on any atom is -0.348 e. The Kier molecular flexibility index (Phi) is 4.14. The van der Waals surface area contributed by atoms with Crippen LogP contribution in [0.5, 0.6) is 0 Å². The van der Waals surface area contributed by atoms with E-state index in [1.54, 1.807) is 10.9 Å². The average Bonchev–Trinajstić information content (AvgIpc) is 3.19. The van der Waals surface area contributed by atoms with Crippen LogP contribution in [0.25, 0.3) is 0 Å². The highest BCUT2D eigenvalue weighted by Gasteiger charge is 2.32. The molecule has 0 saturated carbocycles. The summed E-state index contributed by atoms with van der Waals surface area (Å²) in [5.74, 6) is -0.172. The number of halogens is 1. The fourth-order valence-electron chi connectivity index (χ4n) is 2.73. The lowest BCUT2D eigenvalue weighted by atomic mass is 10.2. The number of carbonyl (C=O) groups excluding carboxylic acids is 1. The number of hydrogen-bond acceptors (Lipinski definition) is 5. The molecule has 118 valence electrons. The molecule has 1 fully saturated rings. The third kappa shape index (κ3) is 3.30. The zero-order valence-electron chi connectivity index (χ0n) is 12.2. The van der Waals surface area contributed by atoms with Crippen LogP contribution >= 0.6 is 0 Å². The van der Waals surface area contributed by atoms with E-state index in [0.29, 0.717) is 26.1 Å². The summed E-state index contributed by atoms with van der Waals surface area (Å²) in [6, 6.07) is -0.0397. The first-order valence-corrected chi connectivity index (χ1v) is 7.11. The average molecular weight is 307 g/mol. The van der Waals surface area contributed by atoms with Crippen LogP contribution in [0.15, 0.2) is 18.7 Å². The second-order valence-electron chi connectivity index (χ2n) is 5.48. The molecule has 0 aliphatic carbocycles. The Hall–Kier alpha value is -2.29.